The van der Waals surface area contributed by atoms with E-state index in [9.17, 15) is 0 Å². The topological polar surface area (TPSA) is 111 Å². The van der Waals surface area contributed by atoms with Crippen LogP contribution in [0.4, 0.5) is 11.8 Å². The van der Waals surface area contributed by atoms with Crippen molar-refractivity contribution in [1.29, 1.82) is 0 Å². The molecule has 1 fully saturated rings. The second-order valence-corrected chi connectivity index (χ2v) is 10.6. The number of anilines is 2. The highest BCUT2D eigenvalue weighted by atomic mass is 35.5. The number of nitrogen functional groups attached to an aromatic ring is 1. The lowest BCUT2D eigenvalue weighted by Gasteiger charge is -2.42. The van der Waals surface area contributed by atoms with E-state index < -0.39 is 0 Å². The largest absolute Gasteiger partial charge is 0.382 e. The average molecular weight is 493 g/mol. The van der Waals surface area contributed by atoms with Crippen LogP contribution in [0.1, 0.15) is 35.7 Å². The summed E-state index contributed by atoms with van der Waals surface area (Å²) in [5, 5.41) is 0.450. The molecule has 0 unspecified atom stereocenters. The van der Waals surface area contributed by atoms with Crippen LogP contribution in [0.5, 0.6) is 0 Å². The molecular formula is C24H25ClN8S. The number of imidazole rings is 1. The van der Waals surface area contributed by atoms with Gasteiger partial charge in [0.1, 0.15) is 5.82 Å². The van der Waals surface area contributed by atoms with Crippen LogP contribution in [-0.2, 0) is 6.42 Å². The van der Waals surface area contributed by atoms with E-state index in [4.69, 9.17) is 28.1 Å². The maximum Gasteiger partial charge on any atom is 0.211 e. The number of hydrogen-bond acceptors (Lipinski definition) is 8. The van der Waals surface area contributed by atoms with Crippen LogP contribution in [-0.4, -0.2) is 37.4 Å². The van der Waals surface area contributed by atoms with Gasteiger partial charge < -0.3 is 16.4 Å². The Bertz CT molecular complexity index is 1400. The lowest BCUT2D eigenvalue weighted by molar-refractivity contribution is 0.186. The predicted octanol–water partition coefficient (Wildman–Crippen LogP) is 4.06. The molecule has 4 aromatic heterocycles. The third-order valence-electron chi connectivity index (χ3n) is 7.27. The molecule has 0 amide bonds. The van der Waals surface area contributed by atoms with Crippen molar-refractivity contribution in [1.82, 2.24) is 24.3 Å². The zero-order valence-corrected chi connectivity index (χ0v) is 20.4. The number of nitrogens with two attached hydrogens (primary N) is 2. The molecule has 174 valence electrons. The highest BCUT2D eigenvalue weighted by Gasteiger charge is 2.46. The monoisotopic (exact) mass is 492 g/mol. The van der Waals surface area contributed by atoms with Crippen LogP contribution in [0.25, 0.3) is 5.65 Å². The molecule has 1 aliphatic carbocycles. The van der Waals surface area contributed by atoms with Gasteiger partial charge in [0.05, 0.1) is 15.6 Å². The Labute approximate surface area is 206 Å². The molecule has 0 aromatic carbocycles. The molecule has 0 bridgehead atoms. The van der Waals surface area contributed by atoms with Crippen LogP contribution >= 0.6 is 23.4 Å². The van der Waals surface area contributed by atoms with Crippen molar-refractivity contribution in [3.8, 4) is 0 Å². The summed E-state index contributed by atoms with van der Waals surface area (Å²) in [6, 6.07) is 4.02. The Morgan fingerprint density at radius 2 is 1.97 bits per heavy atom. The molecule has 8 nitrogen and oxygen atoms in total. The summed E-state index contributed by atoms with van der Waals surface area (Å²) in [7, 11) is 0. The lowest BCUT2D eigenvalue weighted by atomic mass is 9.73. The van der Waals surface area contributed by atoms with Crippen molar-refractivity contribution in [3.63, 3.8) is 0 Å². The van der Waals surface area contributed by atoms with E-state index in [1.54, 1.807) is 6.20 Å². The summed E-state index contributed by atoms with van der Waals surface area (Å²) >= 11 is 7.91. The molecule has 1 aliphatic heterocycles. The highest BCUT2D eigenvalue weighted by Crippen LogP contribution is 2.51. The lowest BCUT2D eigenvalue weighted by Crippen LogP contribution is -2.45. The minimum absolute atomic E-state index is 0.0395. The van der Waals surface area contributed by atoms with Crippen LogP contribution in [0, 0.1) is 12.3 Å². The van der Waals surface area contributed by atoms with Crippen LogP contribution in [0.15, 0.2) is 52.9 Å². The van der Waals surface area contributed by atoms with Gasteiger partial charge in [-0.2, -0.15) is 0 Å². The molecule has 1 atom stereocenters. The van der Waals surface area contributed by atoms with Crippen LogP contribution in [0.3, 0.4) is 0 Å². The fourth-order valence-corrected chi connectivity index (χ4v) is 6.56. The summed E-state index contributed by atoms with van der Waals surface area (Å²) in [5.74, 6) is 1.23. The molecule has 10 heteroatoms. The second kappa shape index (κ2) is 8.11. The minimum atomic E-state index is 0.0395. The molecule has 2 aliphatic rings. The van der Waals surface area contributed by atoms with Gasteiger partial charge in [-0.1, -0.05) is 23.4 Å². The molecule has 0 radical (unpaired) electrons. The third-order valence-corrected chi connectivity index (χ3v) is 9.03. The Morgan fingerprint density at radius 3 is 2.76 bits per heavy atom. The normalized spacial score (nSPS) is 19.1. The molecule has 4 N–H and O–H groups in total. The van der Waals surface area contributed by atoms with E-state index in [1.807, 2.05) is 37.8 Å². The number of piperidine rings is 1. The van der Waals surface area contributed by atoms with Crippen molar-refractivity contribution in [2.45, 2.75) is 42.0 Å². The molecule has 6 rings (SSSR count). The minimum Gasteiger partial charge on any atom is -0.382 e. The SMILES string of the molecule is Cc1nc(N2CCC3(CC2)Cc2ccncc2[C@H]3N)n2ccnc2c1Sc1ccnc(N)c1Cl. The first-order valence-corrected chi connectivity index (χ1v) is 12.5. The number of halogens is 1. The van der Waals surface area contributed by atoms with Gasteiger partial charge >= 0.3 is 0 Å². The van der Waals surface area contributed by atoms with Crippen molar-refractivity contribution < 1.29 is 0 Å². The van der Waals surface area contributed by atoms with Crippen molar-refractivity contribution in [3.05, 3.63) is 65.0 Å². The van der Waals surface area contributed by atoms with Crippen molar-refractivity contribution in [2.75, 3.05) is 23.7 Å². The van der Waals surface area contributed by atoms with E-state index in [2.05, 4.69) is 30.3 Å². The Kier molecular flexibility index (Phi) is 5.16. The standard InChI is InChI=1S/C24H25ClN8S/c1-14-19(34-17-3-7-29-21(27)18(17)25)22-30-8-11-33(22)23(31-14)32-9-4-24(5-10-32)12-15-2-6-28-13-16(15)20(24)26/h2-3,6-8,11,13,20H,4-5,9-10,12,26H2,1H3,(H2,27,29)/t20-/m1/s1. The summed E-state index contributed by atoms with van der Waals surface area (Å²) < 4.78 is 2.07. The molecule has 1 saturated heterocycles. The number of pyridine rings is 2. The van der Waals surface area contributed by atoms with Crippen LogP contribution < -0.4 is 16.4 Å². The highest BCUT2D eigenvalue weighted by molar-refractivity contribution is 7.99. The van der Waals surface area contributed by atoms with Gasteiger partial charge in [0.2, 0.25) is 5.95 Å². The van der Waals surface area contributed by atoms with Gasteiger partial charge in [0, 0.05) is 55.0 Å². The second-order valence-electron chi connectivity index (χ2n) is 9.14. The zero-order valence-electron chi connectivity index (χ0n) is 18.8. The first-order chi connectivity index (χ1) is 16.5. The maximum atomic E-state index is 6.74. The number of hydrogen-bond donors (Lipinski definition) is 2. The average Bonchev–Trinajstić information content (AvgIpc) is 3.43. The third kappa shape index (κ3) is 3.33. The zero-order chi connectivity index (χ0) is 23.4. The summed E-state index contributed by atoms with van der Waals surface area (Å²) in [5.41, 5.74) is 17.0. The van der Waals surface area contributed by atoms with Gasteiger partial charge in [-0.3, -0.25) is 9.38 Å². The first kappa shape index (κ1) is 21.6. The van der Waals surface area contributed by atoms with Gasteiger partial charge in [-0.25, -0.2) is 15.0 Å². The van der Waals surface area contributed by atoms with Gasteiger partial charge in [-0.05, 0) is 54.9 Å². The fraction of sp³-hybridized carbons (Fsp3) is 0.333. The molecule has 1 spiro atoms. The smallest absolute Gasteiger partial charge is 0.211 e. The van der Waals surface area contributed by atoms with E-state index in [-0.39, 0.29) is 11.5 Å². The number of nitrogens with zero attached hydrogens (tertiary/aromatic N) is 6. The van der Waals surface area contributed by atoms with E-state index in [0.29, 0.717) is 10.8 Å². The Morgan fingerprint density at radius 1 is 1.15 bits per heavy atom. The Balaban J connectivity index is 1.29. The summed E-state index contributed by atoms with van der Waals surface area (Å²) in [4.78, 5) is 22.2. The number of aryl methyl sites for hydroxylation is 1. The molecule has 0 saturated carbocycles. The first-order valence-electron chi connectivity index (χ1n) is 11.3. The number of fused-ring (bicyclic) bond motifs is 2. The molecule has 34 heavy (non-hydrogen) atoms. The maximum absolute atomic E-state index is 6.74. The number of rotatable bonds is 3. The summed E-state index contributed by atoms with van der Waals surface area (Å²) in [6.07, 6.45) is 12.3. The van der Waals surface area contributed by atoms with Crippen molar-refractivity contribution in [2.24, 2.45) is 11.1 Å². The number of aromatic nitrogens is 5. The Hall–Kier alpha value is -2.88. The van der Waals surface area contributed by atoms with Gasteiger partial charge in [0.25, 0.3) is 0 Å². The molecular weight excluding hydrogens is 468 g/mol. The van der Waals surface area contributed by atoms with E-state index in [0.717, 1.165) is 59.4 Å². The predicted molar refractivity (Wildman–Crippen MR) is 134 cm³/mol. The summed E-state index contributed by atoms with van der Waals surface area (Å²) in [6.45, 7) is 3.81. The van der Waals surface area contributed by atoms with Gasteiger partial charge in [0.15, 0.2) is 5.65 Å². The molecule has 4 aromatic rings. The quantitative estimate of drug-likeness (QED) is 0.440. The van der Waals surface area contributed by atoms with E-state index >= 15 is 0 Å². The van der Waals surface area contributed by atoms with Crippen molar-refractivity contribution >= 4 is 40.8 Å². The fourth-order valence-electron chi connectivity index (χ4n) is 5.36. The van der Waals surface area contributed by atoms with Gasteiger partial charge in [-0.15, -0.1) is 0 Å². The van der Waals surface area contributed by atoms with Crippen LogP contribution in [0.2, 0.25) is 5.02 Å². The van der Waals surface area contributed by atoms with E-state index in [1.165, 1.54) is 22.9 Å². The molecule has 5 heterocycles.